The third-order valence-electron chi connectivity index (χ3n) is 2.57. The Hall–Kier alpha value is -1.39. The van der Waals surface area contributed by atoms with Gasteiger partial charge in [0.1, 0.15) is 5.82 Å². The number of hydrogen-bond acceptors (Lipinski definition) is 2. The predicted molar refractivity (Wildman–Crippen MR) is 69.6 cm³/mol. The fraction of sp³-hybridized carbons (Fsp3) is 0.0769. The molecule has 0 unspecified atom stereocenters. The van der Waals surface area contributed by atoms with E-state index in [2.05, 4.69) is 0 Å². The molecule has 0 bridgehead atoms. The van der Waals surface area contributed by atoms with Crippen molar-refractivity contribution in [2.24, 2.45) is 0 Å². The molecule has 2 aromatic rings. The van der Waals surface area contributed by atoms with Crippen molar-refractivity contribution in [1.29, 1.82) is 0 Å². The molecule has 5 heteroatoms. The van der Waals surface area contributed by atoms with Gasteiger partial charge in [0.15, 0.2) is 0 Å². The standard InChI is InChI=1S/C13H10ClFO2S/c1-9-2-7-12(13(15)8-9)10-3-5-11(6-4-10)18(14,16)17/h2-8H,1H3. The van der Waals surface area contributed by atoms with Gasteiger partial charge in [-0.2, -0.15) is 0 Å². The highest BCUT2D eigenvalue weighted by Crippen LogP contribution is 2.25. The van der Waals surface area contributed by atoms with Crippen LogP contribution in [0.25, 0.3) is 11.1 Å². The number of aryl methyl sites for hydroxylation is 1. The van der Waals surface area contributed by atoms with Crippen molar-refractivity contribution in [1.82, 2.24) is 0 Å². The van der Waals surface area contributed by atoms with Crippen LogP contribution in [0.15, 0.2) is 47.4 Å². The van der Waals surface area contributed by atoms with Gasteiger partial charge in [-0.05, 0) is 36.2 Å². The van der Waals surface area contributed by atoms with Crippen LogP contribution in [0.2, 0.25) is 0 Å². The van der Waals surface area contributed by atoms with Crippen molar-refractivity contribution in [3.05, 3.63) is 53.8 Å². The molecule has 0 spiro atoms. The molecule has 0 aliphatic rings. The van der Waals surface area contributed by atoms with Gasteiger partial charge in [0.25, 0.3) is 9.05 Å². The summed E-state index contributed by atoms with van der Waals surface area (Å²) in [6.45, 7) is 1.80. The summed E-state index contributed by atoms with van der Waals surface area (Å²) in [6.07, 6.45) is 0. The predicted octanol–water partition coefficient (Wildman–Crippen LogP) is 3.73. The van der Waals surface area contributed by atoms with Gasteiger partial charge in [0, 0.05) is 16.2 Å². The average Bonchev–Trinajstić information content (AvgIpc) is 2.28. The van der Waals surface area contributed by atoms with E-state index in [1.54, 1.807) is 19.1 Å². The van der Waals surface area contributed by atoms with Crippen LogP contribution in [0.5, 0.6) is 0 Å². The molecule has 18 heavy (non-hydrogen) atoms. The summed E-state index contributed by atoms with van der Waals surface area (Å²) in [4.78, 5) is 0.000404. The molecule has 2 aromatic carbocycles. The highest BCUT2D eigenvalue weighted by molar-refractivity contribution is 8.13. The van der Waals surface area contributed by atoms with E-state index in [0.717, 1.165) is 5.56 Å². The molecule has 0 N–H and O–H groups in total. The quantitative estimate of drug-likeness (QED) is 0.788. The van der Waals surface area contributed by atoms with Crippen LogP contribution in [0.3, 0.4) is 0 Å². The molecule has 2 rings (SSSR count). The Bertz CT molecular complexity index is 679. The maximum absolute atomic E-state index is 13.7. The van der Waals surface area contributed by atoms with Crippen LogP contribution >= 0.6 is 10.7 Å². The van der Waals surface area contributed by atoms with Gasteiger partial charge in [-0.15, -0.1) is 0 Å². The van der Waals surface area contributed by atoms with Crippen molar-refractivity contribution in [3.8, 4) is 11.1 Å². The van der Waals surface area contributed by atoms with Crippen LogP contribution in [-0.2, 0) is 9.05 Å². The maximum atomic E-state index is 13.7. The second-order valence-electron chi connectivity index (χ2n) is 3.95. The maximum Gasteiger partial charge on any atom is 0.261 e. The lowest BCUT2D eigenvalue weighted by molar-refractivity contribution is 0.609. The summed E-state index contributed by atoms with van der Waals surface area (Å²) < 4.78 is 35.9. The zero-order valence-corrected chi connectivity index (χ0v) is 11.1. The van der Waals surface area contributed by atoms with E-state index in [1.807, 2.05) is 0 Å². The minimum absolute atomic E-state index is 0.000404. The Morgan fingerprint density at radius 2 is 1.67 bits per heavy atom. The van der Waals surface area contributed by atoms with Crippen LogP contribution in [0, 0.1) is 12.7 Å². The number of rotatable bonds is 2. The fourth-order valence-corrected chi connectivity index (χ4v) is 2.42. The third kappa shape index (κ3) is 2.71. The zero-order chi connectivity index (χ0) is 13.3. The smallest absolute Gasteiger partial charge is 0.207 e. The first-order valence-electron chi connectivity index (χ1n) is 5.19. The van der Waals surface area contributed by atoms with Crippen molar-refractivity contribution in [2.45, 2.75) is 11.8 Å². The number of benzene rings is 2. The number of hydrogen-bond donors (Lipinski definition) is 0. The Balaban J connectivity index is 2.47. The van der Waals surface area contributed by atoms with Crippen molar-refractivity contribution < 1.29 is 12.8 Å². The molecule has 0 atom stereocenters. The Morgan fingerprint density at radius 1 is 1.06 bits per heavy atom. The SMILES string of the molecule is Cc1ccc(-c2ccc(S(=O)(=O)Cl)cc2)c(F)c1. The van der Waals surface area contributed by atoms with Crippen LogP contribution in [0.1, 0.15) is 5.56 Å². The normalized spacial score (nSPS) is 11.5. The summed E-state index contributed by atoms with van der Waals surface area (Å²) in [5, 5.41) is 0. The molecule has 0 aromatic heterocycles. The highest BCUT2D eigenvalue weighted by atomic mass is 35.7. The monoisotopic (exact) mass is 284 g/mol. The Kier molecular flexibility index (Phi) is 3.41. The van der Waals surface area contributed by atoms with Crippen molar-refractivity contribution in [2.75, 3.05) is 0 Å². The first kappa shape index (κ1) is 13.1. The summed E-state index contributed by atoms with van der Waals surface area (Å²) in [7, 11) is 1.47. The lowest BCUT2D eigenvalue weighted by atomic mass is 10.0. The summed E-state index contributed by atoms with van der Waals surface area (Å²) in [6, 6.07) is 10.7. The van der Waals surface area contributed by atoms with E-state index in [0.29, 0.717) is 11.1 Å². The van der Waals surface area contributed by atoms with E-state index in [-0.39, 0.29) is 10.7 Å². The molecule has 2 nitrogen and oxygen atoms in total. The minimum Gasteiger partial charge on any atom is -0.207 e. The first-order valence-corrected chi connectivity index (χ1v) is 7.50. The van der Waals surface area contributed by atoms with E-state index >= 15 is 0 Å². The molecular weight excluding hydrogens is 275 g/mol. The van der Waals surface area contributed by atoms with Crippen molar-refractivity contribution >= 4 is 19.7 Å². The summed E-state index contributed by atoms with van der Waals surface area (Å²) in [5.41, 5.74) is 1.87. The lowest BCUT2D eigenvalue weighted by Crippen LogP contribution is -1.91. The van der Waals surface area contributed by atoms with Gasteiger partial charge in [0.2, 0.25) is 0 Å². The molecule has 0 saturated heterocycles. The zero-order valence-electron chi connectivity index (χ0n) is 9.52. The van der Waals surface area contributed by atoms with Crippen LogP contribution in [-0.4, -0.2) is 8.42 Å². The molecular formula is C13H10ClFO2S. The lowest BCUT2D eigenvalue weighted by Gasteiger charge is -2.05. The molecule has 0 aliphatic heterocycles. The average molecular weight is 285 g/mol. The highest BCUT2D eigenvalue weighted by Gasteiger charge is 2.10. The summed E-state index contributed by atoms with van der Waals surface area (Å²) >= 11 is 0. The second kappa shape index (κ2) is 4.71. The van der Waals surface area contributed by atoms with Crippen LogP contribution in [0.4, 0.5) is 4.39 Å². The molecule has 0 heterocycles. The molecule has 0 aliphatic carbocycles. The molecule has 0 saturated carbocycles. The summed E-state index contributed by atoms with van der Waals surface area (Å²) in [5.74, 6) is -0.337. The first-order chi connectivity index (χ1) is 8.38. The van der Waals surface area contributed by atoms with Gasteiger partial charge >= 0.3 is 0 Å². The minimum atomic E-state index is -3.74. The second-order valence-corrected chi connectivity index (χ2v) is 6.51. The Morgan fingerprint density at radius 3 is 2.17 bits per heavy atom. The van der Waals surface area contributed by atoms with E-state index in [1.165, 1.54) is 30.3 Å². The largest absolute Gasteiger partial charge is 0.261 e. The third-order valence-corrected chi connectivity index (χ3v) is 3.94. The molecule has 0 radical (unpaired) electrons. The van der Waals surface area contributed by atoms with Gasteiger partial charge in [0.05, 0.1) is 4.90 Å². The van der Waals surface area contributed by atoms with Gasteiger partial charge in [-0.25, -0.2) is 12.8 Å². The van der Waals surface area contributed by atoms with Gasteiger partial charge in [-0.3, -0.25) is 0 Å². The topological polar surface area (TPSA) is 34.1 Å². The van der Waals surface area contributed by atoms with Crippen LogP contribution < -0.4 is 0 Å². The van der Waals surface area contributed by atoms with Crippen molar-refractivity contribution in [3.63, 3.8) is 0 Å². The molecule has 0 fully saturated rings. The van der Waals surface area contributed by atoms with E-state index in [4.69, 9.17) is 10.7 Å². The Labute approximate surface area is 109 Å². The van der Waals surface area contributed by atoms with Gasteiger partial charge in [-0.1, -0.05) is 24.3 Å². The van der Waals surface area contributed by atoms with E-state index in [9.17, 15) is 12.8 Å². The molecule has 0 amide bonds. The fourth-order valence-electron chi connectivity index (χ4n) is 1.65. The molecule has 94 valence electrons. The van der Waals surface area contributed by atoms with E-state index < -0.39 is 9.05 Å². The number of halogens is 2. The van der Waals surface area contributed by atoms with Gasteiger partial charge < -0.3 is 0 Å².